The lowest BCUT2D eigenvalue weighted by Gasteiger charge is -2.26. The van der Waals surface area contributed by atoms with Crippen LogP contribution in [0.4, 0.5) is 10.1 Å². The molecule has 21 heavy (non-hydrogen) atoms. The molecule has 1 heterocycles. The van der Waals surface area contributed by atoms with Gasteiger partial charge in [-0.25, -0.2) is 17.5 Å². The summed E-state index contributed by atoms with van der Waals surface area (Å²) in [5.74, 6) is -0.567. The van der Waals surface area contributed by atoms with Crippen LogP contribution in [0.1, 0.15) is 24.8 Å². The van der Waals surface area contributed by atoms with Crippen LogP contribution < -0.4 is 10.5 Å². The molecule has 1 aromatic carbocycles. The molecule has 0 atom stereocenters. The average Bonchev–Trinajstić information content (AvgIpc) is 2.45. The Balaban J connectivity index is 1.98. The number of rotatable bonds is 5. The zero-order chi connectivity index (χ0) is 15.5. The van der Waals surface area contributed by atoms with E-state index < -0.39 is 15.8 Å². The maximum Gasteiger partial charge on any atom is 0.240 e. The maximum absolute atomic E-state index is 13.4. The van der Waals surface area contributed by atoms with Gasteiger partial charge in [0, 0.05) is 13.1 Å². The van der Waals surface area contributed by atoms with E-state index >= 15 is 0 Å². The van der Waals surface area contributed by atoms with Gasteiger partial charge in [-0.15, -0.1) is 0 Å². The van der Waals surface area contributed by atoms with Crippen LogP contribution in [-0.2, 0) is 10.0 Å². The topological polar surface area (TPSA) is 75.4 Å². The highest BCUT2D eigenvalue weighted by molar-refractivity contribution is 7.89. The number of nitrogens with one attached hydrogen (secondary N) is 1. The second-order valence-electron chi connectivity index (χ2n) is 5.44. The van der Waals surface area contributed by atoms with E-state index in [1.165, 1.54) is 32.3 Å². The molecule has 0 saturated carbocycles. The number of nitrogens with zero attached hydrogens (tertiary/aromatic N) is 1. The number of hydrogen-bond acceptors (Lipinski definition) is 4. The Hall–Kier alpha value is -1.18. The largest absolute Gasteiger partial charge is 0.396 e. The van der Waals surface area contributed by atoms with Gasteiger partial charge in [0.05, 0.1) is 10.6 Å². The summed E-state index contributed by atoms with van der Waals surface area (Å²) in [4.78, 5) is 2.26. The molecule has 0 aliphatic carbocycles. The van der Waals surface area contributed by atoms with Gasteiger partial charge in [-0.05, 0) is 50.6 Å². The third-order valence-electron chi connectivity index (χ3n) is 3.74. The maximum atomic E-state index is 13.4. The molecular formula is C14H22FN3O2S. The molecule has 0 radical (unpaired) electrons. The van der Waals surface area contributed by atoms with Crippen molar-refractivity contribution < 1.29 is 12.8 Å². The van der Waals surface area contributed by atoms with Crippen LogP contribution in [0.5, 0.6) is 0 Å². The molecular weight excluding hydrogens is 293 g/mol. The summed E-state index contributed by atoms with van der Waals surface area (Å²) in [6.45, 7) is 4.57. The molecule has 0 bridgehead atoms. The average molecular weight is 315 g/mol. The van der Waals surface area contributed by atoms with Crippen molar-refractivity contribution in [2.75, 3.05) is 31.9 Å². The summed E-state index contributed by atoms with van der Waals surface area (Å²) in [5, 5.41) is 0. The number of benzene rings is 1. The van der Waals surface area contributed by atoms with Gasteiger partial charge in [0.15, 0.2) is 0 Å². The van der Waals surface area contributed by atoms with Crippen molar-refractivity contribution >= 4 is 15.7 Å². The third-order valence-corrected chi connectivity index (χ3v) is 5.18. The Morgan fingerprint density at radius 3 is 2.57 bits per heavy atom. The van der Waals surface area contributed by atoms with Crippen LogP contribution in [0.15, 0.2) is 17.0 Å². The molecule has 7 heteroatoms. The number of hydrogen-bond donors (Lipinski definition) is 2. The number of sulfonamides is 1. The number of piperidine rings is 1. The van der Waals surface area contributed by atoms with Gasteiger partial charge in [0.2, 0.25) is 10.0 Å². The summed E-state index contributed by atoms with van der Waals surface area (Å²) in [6.07, 6.45) is 3.58. The van der Waals surface area contributed by atoms with Gasteiger partial charge in [0.1, 0.15) is 5.82 Å². The number of nitrogens with two attached hydrogens (primary N) is 1. The number of likely N-dealkylation sites (tertiary alicyclic amines) is 1. The molecule has 0 spiro atoms. The molecule has 5 nitrogen and oxygen atoms in total. The van der Waals surface area contributed by atoms with E-state index in [2.05, 4.69) is 9.62 Å². The molecule has 2 rings (SSSR count). The quantitative estimate of drug-likeness (QED) is 0.807. The van der Waals surface area contributed by atoms with Crippen LogP contribution in [0.25, 0.3) is 0 Å². The summed E-state index contributed by atoms with van der Waals surface area (Å²) < 4.78 is 40.4. The zero-order valence-corrected chi connectivity index (χ0v) is 13.0. The molecule has 0 aromatic heterocycles. The van der Waals surface area contributed by atoms with Gasteiger partial charge in [-0.1, -0.05) is 6.42 Å². The molecule has 3 N–H and O–H groups in total. The second-order valence-corrected chi connectivity index (χ2v) is 7.21. The van der Waals surface area contributed by atoms with Crippen LogP contribution in [0, 0.1) is 12.7 Å². The molecule has 1 saturated heterocycles. The van der Waals surface area contributed by atoms with Gasteiger partial charge < -0.3 is 10.6 Å². The predicted octanol–water partition coefficient (Wildman–Crippen LogP) is 1.48. The molecule has 0 amide bonds. The van der Waals surface area contributed by atoms with Crippen molar-refractivity contribution in [2.24, 2.45) is 0 Å². The third kappa shape index (κ3) is 4.15. The Morgan fingerprint density at radius 2 is 1.95 bits per heavy atom. The highest BCUT2D eigenvalue weighted by atomic mass is 32.2. The lowest BCUT2D eigenvalue weighted by Crippen LogP contribution is -2.37. The SMILES string of the molecule is Cc1cc(S(=O)(=O)NCCN2CCCCC2)cc(N)c1F. The minimum Gasteiger partial charge on any atom is -0.396 e. The van der Waals surface area contributed by atoms with E-state index in [4.69, 9.17) is 5.73 Å². The first-order valence-electron chi connectivity index (χ1n) is 7.18. The summed E-state index contributed by atoms with van der Waals surface area (Å²) in [7, 11) is -3.65. The Bertz CT molecular complexity index is 575. The van der Waals surface area contributed by atoms with E-state index in [-0.39, 0.29) is 16.1 Å². The molecule has 1 aliphatic heterocycles. The van der Waals surface area contributed by atoms with Crippen LogP contribution in [0.2, 0.25) is 0 Å². The first-order chi connectivity index (χ1) is 9.90. The van der Waals surface area contributed by atoms with E-state index in [1.54, 1.807) is 0 Å². The Labute approximate surface area is 125 Å². The monoisotopic (exact) mass is 315 g/mol. The first kappa shape index (κ1) is 16.2. The van der Waals surface area contributed by atoms with Gasteiger partial charge in [-0.2, -0.15) is 0 Å². The van der Waals surface area contributed by atoms with Crippen LogP contribution >= 0.6 is 0 Å². The van der Waals surface area contributed by atoms with Crippen molar-refractivity contribution in [3.05, 3.63) is 23.5 Å². The van der Waals surface area contributed by atoms with Gasteiger partial charge in [-0.3, -0.25) is 0 Å². The van der Waals surface area contributed by atoms with Gasteiger partial charge >= 0.3 is 0 Å². The predicted molar refractivity (Wildman–Crippen MR) is 81.0 cm³/mol. The van der Waals surface area contributed by atoms with Crippen molar-refractivity contribution in [2.45, 2.75) is 31.1 Å². The number of anilines is 1. The van der Waals surface area contributed by atoms with Crippen molar-refractivity contribution in [3.63, 3.8) is 0 Å². The molecule has 1 fully saturated rings. The van der Waals surface area contributed by atoms with E-state index in [0.717, 1.165) is 19.2 Å². The summed E-state index contributed by atoms with van der Waals surface area (Å²) in [5.41, 5.74) is 5.57. The Kier molecular flexibility index (Phi) is 5.18. The second kappa shape index (κ2) is 6.72. The summed E-state index contributed by atoms with van der Waals surface area (Å²) >= 11 is 0. The highest BCUT2D eigenvalue weighted by Crippen LogP contribution is 2.20. The van der Waals surface area contributed by atoms with Crippen LogP contribution in [-0.4, -0.2) is 39.5 Å². The van der Waals surface area contributed by atoms with Crippen LogP contribution in [0.3, 0.4) is 0 Å². The highest BCUT2D eigenvalue weighted by Gasteiger charge is 2.18. The number of halogens is 1. The lowest BCUT2D eigenvalue weighted by atomic mass is 10.1. The normalized spacial score (nSPS) is 17.0. The van der Waals surface area contributed by atoms with Crippen molar-refractivity contribution in [1.82, 2.24) is 9.62 Å². The minimum absolute atomic E-state index is 0.0116. The van der Waals surface area contributed by atoms with E-state index in [0.29, 0.717) is 13.1 Å². The number of aryl methyl sites for hydroxylation is 1. The smallest absolute Gasteiger partial charge is 0.240 e. The summed E-state index contributed by atoms with van der Waals surface area (Å²) in [6, 6.07) is 2.46. The zero-order valence-electron chi connectivity index (χ0n) is 12.2. The molecule has 0 unspecified atom stereocenters. The fourth-order valence-corrected chi connectivity index (χ4v) is 3.66. The first-order valence-corrected chi connectivity index (χ1v) is 8.66. The molecule has 1 aliphatic rings. The fourth-order valence-electron chi connectivity index (χ4n) is 2.52. The Morgan fingerprint density at radius 1 is 1.29 bits per heavy atom. The minimum atomic E-state index is -3.65. The van der Waals surface area contributed by atoms with E-state index in [9.17, 15) is 12.8 Å². The lowest BCUT2D eigenvalue weighted by molar-refractivity contribution is 0.233. The number of nitrogen functional groups attached to an aromatic ring is 1. The van der Waals surface area contributed by atoms with E-state index in [1.807, 2.05) is 0 Å². The standard InChI is InChI=1S/C14H22FN3O2S/c1-11-9-12(10-13(16)14(11)15)21(19,20)17-5-8-18-6-3-2-4-7-18/h9-10,17H,2-8,16H2,1H3. The molecule has 1 aromatic rings. The van der Waals surface area contributed by atoms with Crippen molar-refractivity contribution in [3.8, 4) is 0 Å². The van der Waals surface area contributed by atoms with Gasteiger partial charge in [0.25, 0.3) is 0 Å². The fraction of sp³-hybridized carbons (Fsp3) is 0.571. The van der Waals surface area contributed by atoms with Crippen molar-refractivity contribution in [1.29, 1.82) is 0 Å². The molecule has 118 valence electrons.